The maximum absolute atomic E-state index is 4.78. The van der Waals surface area contributed by atoms with Crippen LogP contribution in [0.4, 0.5) is 0 Å². The molecule has 0 rings (SSSR count). The van der Waals surface area contributed by atoms with Gasteiger partial charge in [0, 0.05) is 0 Å². The van der Waals surface area contributed by atoms with Gasteiger partial charge in [-0.15, -0.1) is 0 Å². The van der Waals surface area contributed by atoms with Gasteiger partial charge in [-0.25, -0.2) is 0 Å². The SMILES string of the molecule is CCC[O][Zr]. The Labute approximate surface area is 48.2 Å². The van der Waals surface area contributed by atoms with Crippen molar-refractivity contribution < 1.29 is 28.0 Å². The van der Waals surface area contributed by atoms with Gasteiger partial charge in [0.05, 0.1) is 0 Å². The molecular formula is C3H7OZr. The summed E-state index contributed by atoms with van der Waals surface area (Å²) in [6, 6.07) is 0. The summed E-state index contributed by atoms with van der Waals surface area (Å²) in [5.41, 5.74) is 0. The summed E-state index contributed by atoms with van der Waals surface area (Å²) >= 11 is 1.18. The molecule has 1 nitrogen and oxygen atoms in total. The fourth-order valence-electron chi connectivity index (χ4n) is 0.102. The second kappa shape index (κ2) is 4.84. The zero-order valence-corrected chi connectivity index (χ0v) is 5.78. The van der Waals surface area contributed by atoms with Crippen molar-refractivity contribution in [2.24, 2.45) is 0 Å². The molecule has 0 saturated carbocycles. The first-order valence-electron chi connectivity index (χ1n) is 1.70. The molecule has 0 N–H and O–H groups in total. The molecular weight excluding hydrogens is 143 g/mol. The molecule has 0 aromatic carbocycles. The van der Waals surface area contributed by atoms with Crippen molar-refractivity contribution in [3.8, 4) is 0 Å². The van der Waals surface area contributed by atoms with E-state index in [0.717, 1.165) is 13.0 Å². The average Bonchev–Trinajstić information content (AvgIpc) is 1.41. The van der Waals surface area contributed by atoms with E-state index < -0.39 is 0 Å². The number of rotatable bonds is 2. The van der Waals surface area contributed by atoms with Crippen LogP contribution in [-0.2, 0) is 28.0 Å². The summed E-state index contributed by atoms with van der Waals surface area (Å²) < 4.78 is 4.78. The van der Waals surface area contributed by atoms with E-state index in [-0.39, 0.29) is 0 Å². The standard InChI is InChI=1S/C3H7O.Zr/c1-2-3-4;/h2-3H2,1H3;/q-1;+1. The Balaban J connectivity index is 2.19. The maximum atomic E-state index is 4.78. The van der Waals surface area contributed by atoms with Gasteiger partial charge in [-0.2, -0.15) is 0 Å². The van der Waals surface area contributed by atoms with E-state index >= 15 is 0 Å². The molecule has 0 bridgehead atoms. The molecule has 0 heterocycles. The van der Waals surface area contributed by atoms with Crippen LogP contribution in [0.2, 0.25) is 0 Å². The van der Waals surface area contributed by atoms with Crippen molar-refractivity contribution in [2.75, 3.05) is 6.61 Å². The molecule has 0 atom stereocenters. The van der Waals surface area contributed by atoms with Crippen molar-refractivity contribution in [1.82, 2.24) is 0 Å². The first kappa shape index (κ1) is 5.84. The fraction of sp³-hybridized carbons (Fsp3) is 1.00. The van der Waals surface area contributed by atoms with E-state index in [1.165, 1.54) is 25.2 Å². The zero-order chi connectivity index (χ0) is 4.12. The van der Waals surface area contributed by atoms with Gasteiger partial charge in [-0.1, -0.05) is 0 Å². The molecule has 0 radical (unpaired) electrons. The molecule has 0 unspecified atom stereocenters. The summed E-state index contributed by atoms with van der Waals surface area (Å²) in [6.45, 7) is 3.03. The number of hydrogen-bond donors (Lipinski definition) is 0. The molecule has 29 valence electrons. The van der Waals surface area contributed by atoms with Gasteiger partial charge in [0.2, 0.25) is 0 Å². The Bertz CT molecular complexity index is 14.4. The van der Waals surface area contributed by atoms with E-state index in [2.05, 4.69) is 6.92 Å². The van der Waals surface area contributed by atoms with Crippen LogP contribution in [0, 0.1) is 0 Å². The first-order valence-corrected chi connectivity index (χ1v) is 2.70. The molecule has 0 aliphatic rings. The van der Waals surface area contributed by atoms with Crippen LogP contribution in [-0.4, -0.2) is 6.61 Å². The van der Waals surface area contributed by atoms with Gasteiger partial charge in [0.25, 0.3) is 0 Å². The molecule has 0 aromatic heterocycles. The van der Waals surface area contributed by atoms with Gasteiger partial charge in [0.1, 0.15) is 0 Å². The quantitative estimate of drug-likeness (QED) is 0.568. The van der Waals surface area contributed by atoms with Crippen molar-refractivity contribution in [2.45, 2.75) is 13.3 Å². The van der Waals surface area contributed by atoms with Crippen LogP contribution >= 0.6 is 0 Å². The van der Waals surface area contributed by atoms with Gasteiger partial charge in [-0.3, -0.25) is 0 Å². The van der Waals surface area contributed by atoms with Crippen LogP contribution in [0.1, 0.15) is 13.3 Å². The summed E-state index contributed by atoms with van der Waals surface area (Å²) in [7, 11) is 0. The molecule has 0 amide bonds. The van der Waals surface area contributed by atoms with Crippen molar-refractivity contribution >= 4 is 0 Å². The fourth-order valence-corrected chi connectivity index (χ4v) is 0.604. The zero-order valence-electron chi connectivity index (χ0n) is 3.32. The van der Waals surface area contributed by atoms with Crippen LogP contribution in [0.5, 0.6) is 0 Å². The summed E-state index contributed by atoms with van der Waals surface area (Å²) in [4.78, 5) is 0. The Morgan fingerprint density at radius 2 is 2.40 bits per heavy atom. The van der Waals surface area contributed by atoms with E-state index in [9.17, 15) is 0 Å². The van der Waals surface area contributed by atoms with Crippen LogP contribution < -0.4 is 0 Å². The number of hydrogen-bond acceptors (Lipinski definition) is 1. The molecule has 0 spiro atoms. The van der Waals surface area contributed by atoms with Gasteiger partial charge < -0.3 is 0 Å². The molecule has 2 heteroatoms. The monoisotopic (exact) mass is 149 g/mol. The van der Waals surface area contributed by atoms with Gasteiger partial charge in [0.15, 0.2) is 0 Å². The van der Waals surface area contributed by atoms with E-state index in [1.54, 1.807) is 0 Å². The predicted octanol–water partition coefficient (Wildman–Crippen LogP) is 0.875. The molecule has 0 aromatic rings. The second-order valence-electron chi connectivity index (χ2n) is 0.848. The van der Waals surface area contributed by atoms with Gasteiger partial charge >= 0.3 is 47.9 Å². The topological polar surface area (TPSA) is 9.23 Å². The summed E-state index contributed by atoms with van der Waals surface area (Å²) in [6.07, 6.45) is 1.14. The molecule has 5 heavy (non-hydrogen) atoms. The van der Waals surface area contributed by atoms with Crippen LogP contribution in [0.3, 0.4) is 0 Å². The van der Waals surface area contributed by atoms with Crippen LogP contribution in [0.25, 0.3) is 0 Å². The van der Waals surface area contributed by atoms with Crippen LogP contribution in [0.15, 0.2) is 0 Å². The molecule has 0 aliphatic heterocycles. The Kier molecular flexibility index (Phi) is 5.66. The minimum absolute atomic E-state index is 0.929. The Morgan fingerprint density at radius 1 is 1.80 bits per heavy atom. The first-order chi connectivity index (χ1) is 2.41. The molecule has 0 fully saturated rings. The Morgan fingerprint density at radius 3 is 2.40 bits per heavy atom. The van der Waals surface area contributed by atoms with Crippen molar-refractivity contribution in [3.63, 3.8) is 0 Å². The third kappa shape index (κ3) is 4.84. The van der Waals surface area contributed by atoms with E-state index in [1.807, 2.05) is 0 Å². The Hall–Kier alpha value is 0.843. The minimum atomic E-state index is 0.929. The van der Waals surface area contributed by atoms with Crippen molar-refractivity contribution in [3.05, 3.63) is 0 Å². The van der Waals surface area contributed by atoms with Gasteiger partial charge in [-0.05, 0) is 0 Å². The van der Waals surface area contributed by atoms with E-state index in [4.69, 9.17) is 2.81 Å². The second-order valence-corrected chi connectivity index (χ2v) is 1.56. The van der Waals surface area contributed by atoms with Crippen molar-refractivity contribution in [1.29, 1.82) is 0 Å². The molecule has 0 saturated heterocycles. The predicted molar refractivity (Wildman–Crippen MR) is 16.2 cm³/mol. The third-order valence-electron chi connectivity index (χ3n) is 0.306. The van der Waals surface area contributed by atoms with E-state index in [0.29, 0.717) is 0 Å². The summed E-state index contributed by atoms with van der Waals surface area (Å²) in [5.74, 6) is 0. The summed E-state index contributed by atoms with van der Waals surface area (Å²) in [5, 5.41) is 0. The normalized spacial score (nSPS) is 8.00. The third-order valence-corrected chi connectivity index (χ3v) is 0.808. The molecule has 0 aliphatic carbocycles. The average molecular weight is 150 g/mol.